The van der Waals surface area contributed by atoms with Crippen LogP contribution in [0.25, 0.3) is 22.7 Å². The molecule has 2 N–H and O–H groups in total. The van der Waals surface area contributed by atoms with Crippen molar-refractivity contribution in [1.82, 2.24) is 24.1 Å². The molecule has 33 heavy (non-hydrogen) atoms. The topological polar surface area (TPSA) is 148 Å². The average molecular weight is 450 g/mol. The Morgan fingerprint density at radius 3 is 2.64 bits per heavy atom. The number of aromatic nitrogens is 5. The molecular weight excluding hydrogens is 428 g/mol. The first kappa shape index (κ1) is 21.9. The van der Waals surface area contributed by atoms with Crippen molar-refractivity contribution in [3.05, 3.63) is 69.3 Å². The monoisotopic (exact) mass is 450 g/mol. The van der Waals surface area contributed by atoms with E-state index < -0.39 is 22.7 Å². The number of nitrogens with zero attached hydrogens (tertiary/aromatic N) is 5. The molecule has 0 aliphatic heterocycles. The maximum Gasteiger partial charge on any atom is 0.332 e. The molecule has 3 heterocycles. The lowest BCUT2D eigenvalue weighted by Crippen LogP contribution is -2.54. The number of para-hydroxylation sites is 1. The molecular formula is C22H22N6O5. The molecule has 4 rings (SSSR count). The highest BCUT2D eigenvalue weighted by Crippen LogP contribution is 2.20. The number of hydrogen-bond acceptors (Lipinski definition) is 8. The van der Waals surface area contributed by atoms with Crippen LogP contribution in [0.1, 0.15) is 19.4 Å². The number of amides is 1. The number of rotatable bonds is 7. The van der Waals surface area contributed by atoms with E-state index in [2.05, 4.69) is 15.0 Å². The van der Waals surface area contributed by atoms with Crippen molar-refractivity contribution >= 4 is 16.9 Å². The maximum absolute atomic E-state index is 13.4. The quantitative estimate of drug-likeness (QED) is 0.440. The molecule has 0 saturated carbocycles. The van der Waals surface area contributed by atoms with Gasteiger partial charge in [0, 0.05) is 6.54 Å². The normalized spacial score (nSPS) is 11.6. The molecule has 0 unspecified atom stereocenters. The molecule has 0 bridgehead atoms. The lowest BCUT2D eigenvalue weighted by molar-refractivity contribution is -0.125. The van der Waals surface area contributed by atoms with Gasteiger partial charge < -0.3 is 14.9 Å². The van der Waals surface area contributed by atoms with Crippen molar-refractivity contribution in [1.29, 1.82) is 0 Å². The molecule has 3 aromatic heterocycles. The lowest BCUT2D eigenvalue weighted by atomic mass is 10.0. The van der Waals surface area contributed by atoms with Crippen LogP contribution in [-0.4, -0.2) is 37.1 Å². The fourth-order valence-corrected chi connectivity index (χ4v) is 3.54. The molecule has 0 fully saturated rings. The molecule has 0 aliphatic rings. The summed E-state index contributed by atoms with van der Waals surface area (Å²) in [6, 6.07) is 7.41. The minimum Gasteiger partial charge on any atom is -0.496 e. The molecule has 11 nitrogen and oxygen atoms in total. The van der Waals surface area contributed by atoms with Gasteiger partial charge in [0.15, 0.2) is 5.52 Å². The summed E-state index contributed by atoms with van der Waals surface area (Å²) >= 11 is 0. The van der Waals surface area contributed by atoms with Gasteiger partial charge in [-0.15, -0.1) is 0 Å². The highest BCUT2D eigenvalue weighted by atomic mass is 16.5. The largest absolute Gasteiger partial charge is 0.496 e. The Kier molecular flexibility index (Phi) is 5.54. The number of oxazole rings is 1. The molecule has 170 valence electrons. The number of nitrogens with two attached hydrogens (primary N) is 1. The van der Waals surface area contributed by atoms with E-state index in [1.54, 1.807) is 7.11 Å². The van der Waals surface area contributed by atoms with Crippen molar-refractivity contribution in [2.24, 2.45) is 5.73 Å². The number of methoxy groups -OCH3 is 1. The van der Waals surface area contributed by atoms with E-state index in [1.807, 2.05) is 24.3 Å². The van der Waals surface area contributed by atoms with Crippen molar-refractivity contribution in [3.63, 3.8) is 0 Å². The summed E-state index contributed by atoms with van der Waals surface area (Å²) in [5.74, 6) is 0.0223. The van der Waals surface area contributed by atoms with E-state index in [0.717, 1.165) is 10.1 Å². The van der Waals surface area contributed by atoms with Crippen LogP contribution in [0.5, 0.6) is 5.75 Å². The Bertz CT molecular complexity index is 1450. The molecule has 0 aliphatic carbocycles. The highest BCUT2D eigenvalue weighted by molar-refractivity contribution is 5.82. The van der Waals surface area contributed by atoms with Crippen LogP contribution in [0.4, 0.5) is 0 Å². The number of primary amides is 1. The number of fused-ring (bicyclic) bond motifs is 1. The van der Waals surface area contributed by atoms with E-state index in [0.29, 0.717) is 12.2 Å². The number of hydrogen-bond donors (Lipinski definition) is 1. The summed E-state index contributed by atoms with van der Waals surface area (Å²) in [6.45, 7) is 2.99. The fourth-order valence-electron chi connectivity index (χ4n) is 3.54. The van der Waals surface area contributed by atoms with Crippen molar-refractivity contribution in [3.8, 4) is 17.5 Å². The molecule has 0 spiro atoms. The zero-order valence-electron chi connectivity index (χ0n) is 18.3. The smallest absolute Gasteiger partial charge is 0.332 e. The highest BCUT2D eigenvalue weighted by Gasteiger charge is 2.33. The first-order chi connectivity index (χ1) is 15.8. The Labute approximate surface area is 187 Å². The minimum atomic E-state index is -1.59. The standard InChI is InChI=1S/C22H22N6O5/c1-22(2,20(23)30)28-19(29)16-14(12-25-17(26-16)18-24-9-11-33-18)27(21(28)31)10-8-13-6-4-5-7-15(13)32-3/h4-7,9,11-12H,8,10H2,1-3H3,(H2,23,30). The predicted octanol–water partition coefficient (Wildman–Crippen LogP) is 1.08. The van der Waals surface area contributed by atoms with Gasteiger partial charge in [-0.2, -0.15) is 0 Å². The molecule has 4 aromatic rings. The maximum atomic E-state index is 13.4. The van der Waals surface area contributed by atoms with Crippen LogP contribution in [0, 0.1) is 0 Å². The molecule has 0 radical (unpaired) electrons. The van der Waals surface area contributed by atoms with E-state index in [1.165, 1.54) is 37.1 Å². The van der Waals surface area contributed by atoms with Crippen LogP contribution >= 0.6 is 0 Å². The van der Waals surface area contributed by atoms with Gasteiger partial charge in [0.2, 0.25) is 11.7 Å². The van der Waals surface area contributed by atoms with Crippen LogP contribution < -0.4 is 21.7 Å². The summed E-state index contributed by atoms with van der Waals surface area (Å²) in [5.41, 5.74) is 3.49. The van der Waals surface area contributed by atoms with Gasteiger partial charge in [-0.3, -0.25) is 14.2 Å². The second-order valence-electron chi connectivity index (χ2n) is 7.82. The zero-order valence-corrected chi connectivity index (χ0v) is 18.3. The van der Waals surface area contributed by atoms with E-state index in [-0.39, 0.29) is 29.3 Å². The summed E-state index contributed by atoms with van der Waals surface area (Å²) in [6.07, 6.45) is 4.56. The molecule has 0 atom stereocenters. The first-order valence-electron chi connectivity index (χ1n) is 10.1. The summed E-state index contributed by atoms with van der Waals surface area (Å²) < 4.78 is 12.8. The van der Waals surface area contributed by atoms with E-state index in [4.69, 9.17) is 14.9 Å². The lowest BCUT2D eigenvalue weighted by Gasteiger charge is -2.24. The second-order valence-corrected chi connectivity index (χ2v) is 7.82. The van der Waals surface area contributed by atoms with Crippen LogP contribution in [0.3, 0.4) is 0 Å². The van der Waals surface area contributed by atoms with Crippen LogP contribution in [0.2, 0.25) is 0 Å². The van der Waals surface area contributed by atoms with Gasteiger partial charge in [-0.25, -0.2) is 24.3 Å². The zero-order chi connectivity index (χ0) is 23.8. The third-order valence-corrected chi connectivity index (χ3v) is 5.47. The van der Waals surface area contributed by atoms with Gasteiger partial charge in [0.05, 0.1) is 25.0 Å². The SMILES string of the molecule is COc1ccccc1CCn1c(=O)n(C(C)(C)C(N)=O)c(=O)c2nc(-c3ncco3)ncc21. The van der Waals surface area contributed by atoms with Crippen LogP contribution in [0.15, 0.2) is 56.9 Å². The van der Waals surface area contributed by atoms with Crippen molar-refractivity contribution < 1.29 is 13.9 Å². The molecule has 11 heteroatoms. The Hall–Kier alpha value is -4.28. The molecule has 1 amide bonds. The van der Waals surface area contributed by atoms with Crippen molar-refractivity contribution in [2.45, 2.75) is 32.4 Å². The Balaban J connectivity index is 1.95. The fraction of sp³-hybridized carbons (Fsp3) is 0.273. The first-order valence-corrected chi connectivity index (χ1v) is 10.1. The van der Waals surface area contributed by atoms with Gasteiger partial charge in [-0.05, 0) is 31.9 Å². The van der Waals surface area contributed by atoms with Gasteiger partial charge >= 0.3 is 5.69 Å². The Morgan fingerprint density at radius 2 is 1.97 bits per heavy atom. The predicted molar refractivity (Wildman–Crippen MR) is 119 cm³/mol. The second kappa shape index (κ2) is 8.34. The van der Waals surface area contributed by atoms with E-state index in [9.17, 15) is 14.4 Å². The van der Waals surface area contributed by atoms with Gasteiger partial charge in [0.25, 0.3) is 11.4 Å². The third-order valence-electron chi connectivity index (χ3n) is 5.47. The number of carbonyl (C=O) groups excluding carboxylic acids is 1. The molecule has 1 aromatic carbocycles. The third kappa shape index (κ3) is 3.77. The number of carbonyl (C=O) groups is 1. The average Bonchev–Trinajstić information content (AvgIpc) is 3.34. The Morgan fingerprint density at radius 1 is 1.21 bits per heavy atom. The minimum absolute atomic E-state index is 0.0628. The summed E-state index contributed by atoms with van der Waals surface area (Å²) in [4.78, 5) is 51.4. The van der Waals surface area contributed by atoms with Gasteiger partial charge in [-0.1, -0.05) is 18.2 Å². The summed E-state index contributed by atoms with van der Waals surface area (Å²) in [5, 5.41) is 0. The van der Waals surface area contributed by atoms with Crippen LogP contribution in [-0.2, 0) is 23.3 Å². The molecule has 0 saturated heterocycles. The number of benzene rings is 1. The number of ether oxygens (including phenoxy) is 1. The van der Waals surface area contributed by atoms with E-state index >= 15 is 0 Å². The number of aryl methyl sites for hydroxylation is 2. The van der Waals surface area contributed by atoms with Gasteiger partial charge in [0.1, 0.15) is 17.6 Å². The summed E-state index contributed by atoms with van der Waals surface area (Å²) in [7, 11) is 1.56. The van der Waals surface area contributed by atoms with Crippen molar-refractivity contribution in [2.75, 3.05) is 7.11 Å².